The fraction of sp³-hybridized carbons (Fsp3) is 0.200. The van der Waals surface area contributed by atoms with E-state index in [0.717, 1.165) is 17.5 Å². The highest BCUT2D eigenvalue weighted by Crippen LogP contribution is 2.28. The first kappa shape index (κ1) is 19.3. The van der Waals surface area contributed by atoms with E-state index in [9.17, 15) is 9.59 Å². The number of nitrogens with one attached hydrogen (secondary N) is 1. The summed E-state index contributed by atoms with van der Waals surface area (Å²) in [6.07, 6.45) is 2.74. The highest BCUT2D eigenvalue weighted by Gasteiger charge is 2.15. The van der Waals surface area contributed by atoms with Crippen LogP contribution in [0.15, 0.2) is 41.3 Å². The molecular formula is C20H17Cl2NO4. The Morgan fingerprint density at radius 3 is 2.63 bits per heavy atom. The molecule has 7 heteroatoms. The fourth-order valence-electron chi connectivity index (χ4n) is 2.84. The van der Waals surface area contributed by atoms with Gasteiger partial charge in [0.05, 0.1) is 5.52 Å². The molecule has 1 heterocycles. The van der Waals surface area contributed by atoms with Crippen molar-refractivity contribution in [3.8, 4) is 5.75 Å². The monoisotopic (exact) mass is 405 g/mol. The molecule has 0 aliphatic carbocycles. The van der Waals surface area contributed by atoms with Crippen LogP contribution in [0.1, 0.15) is 34.8 Å². The maximum atomic E-state index is 12.4. The minimum Gasteiger partial charge on any atom is -0.488 e. The molecule has 0 saturated carbocycles. The molecule has 0 atom stereocenters. The van der Waals surface area contributed by atoms with Crippen molar-refractivity contribution in [1.29, 1.82) is 0 Å². The number of aromatic amines is 1. The largest absolute Gasteiger partial charge is 0.488 e. The normalized spacial score (nSPS) is 10.9. The molecule has 0 saturated heterocycles. The highest BCUT2D eigenvalue weighted by atomic mass is 35.5. The Balaban J connectivity index is 2.01. The molecule has 3 rings (SSSR count). The van der Waals surface area contributed by atoms with E-state index in [0.29, 0.717) is 33.1 Å². The maximum absolute atomic E-state index is 12.4. The average Bonchev–Trinajstić information content (AvgIpc) is 2.62. The first-order valence-corrected chi connectivity index (χ1v) is 9.14. The zero-order valence-corrected chi connectivity index (χ0v) is 16.0. The first-order chi connectivity index (χ1) is 12.9. The van der Waals surface area contributed by atoms with Crippen LogP contribution in [0, 0.1) is 0 Å². The number of hydrogen-bond acceptors (Lipinski definition) is 3. The molecule has 140 valence electrons. The van der Waals surface area contributed by atoms with Crippen LogP contribution in [0.2, 0.25) is 10.0 Å². The molecule has 5 nitrogen and oxygen atoms in total. The van der Waals surface area contributed by atoms with Crippen molar-refractivity contribution in [2.75, 3.05) is 0 Å². The number of aromatic nitrogens is 1. The third kappa shape index (κ3) is 4.10. The van der Waals surface area contributed by atoms with Crippen LogP contribution < -0.4 is 10.2 Å². The van der Waals surface area contributed by atoms with E-state index in [1.807, 2.05) is 6.92 Å². The van der Waals surface area contributed by atoms with E-state index >= 15 is 0 Å². The summed E-state index contributed by atoms with van der Waals surface area (Å²) in [6.45, 7) is 2.26. The van der Waals surface area contributed by atoms with Gasteiger partial charge in [-0.2, -0.15) is 0 Å². The number of pyridine rings is 1. The molecular weight excluding hydrogens is 389 g/mol. The van der Waals surface area contributed by atoms with Crippen LogP contribution in [0.3, 0.4) is 0 Å². The Labute approximate surface area is 165 Å². The van der Waals surface area contributed by atoms with Gasteiger partial charge >= 0.3 is 5.97 Å². The van der Waals surface area contributed by atoms with Gasteiger partial charge in [0.25, 0.3) is 0 Å². The van der Waals surface area contributed by atoms with E-state index in [2.05, 4.69) is 4.98 Å². The third-order valence-electron chi connectivity index (χ3n) is 4.21. The summed E-state index contributed by atoms with van der Waals surface area (Å²) in [4.78, 5) is 26.5. The van der Waals surface area contributed by atoms with Crippen molar-refractivity contribution in [2.24, 2.45) is 0 Å². The van der Waals surface area contributed by atoms with Gasteiger partial charge < -0.3 is 14.8 Å². The number of halogens is 2. The molecule has 0 radical (unpaired) electrons. The predicted molar refractivity (Wildman–Crippen MR) is 106 cm³/mol. The number of carboxylic acids is 1. The van der Waals surface area contributed by atoms with Crippen molar-refractivity contribution >= 4 is 40.1 Å². The molecule has 0 bridgehead atoms. The summed E-state index contributed by atoms with van der Waals surface area (Å²) in [7, 11) is 0. The van der Waals surface area contributed by atoms with E-state index in [4.69, 9.17) is 33.0 Å². The molecule has 0 amide bonds. The number of H-pyrrole nitrogens is 1. The lowest BCUT2D eigenvalue weighted by Crippen LogP contribution is -2.15. The molecule has 0 fully saturated rings. The number of fused-ring (bicyclic) bond motifs is 1. The molecule has 2 N–H and O–H groups in total. The average molecular weight is 406 g/mol. The van der Waals surface area contributed by atoms with Gasteiger partial charge in [0.1, 0.15) is 17.9 Å². The number of carboxylic acid groups (broad SMARTS) is 1. The fourth-order valence-corrected chi connectivity index (χ4v) is 3.31. The van der Waals surface area contributed by atoms with Crippen LogP contribution in [-0.2, 0) is 13.0 Å². The van der Waals surface area contributed by atoms with E-state index in [1.54, 1.807) is 30.3 Å². The molecule has 0 aliphatic rings. The Bertz CT molecular complexity index is 1080. The number of ether oxygens (including phenoxy) is 1. The van der Waals surface area contributed by atoms with Gasteiger partial charge in [0.15, 0.2) is 0 Å². The number of aryl methyl sites for hydroxylation is 1. The van der Waals surface area contributed by atoms with Crippen LogP contribution in [0.4, 0.5) is 0 Å². The number of benzene rings is 2. The molecule has 3 aromatic rings. The summed E-state index contributed by atoms with van der Waals surface area (Å²) in [6, 6.07) is 8.61. The zero-order chi connectivity index (χ0) is 19.6. The van der Waals surface area contributed by atoms with Crippen LogP contribution >= 0.6 is 23.2 Å². The van der Waals surface area contributed by atoms with Gasteiger partial charge in [0.2, 0.25) is 5.43 Å². The van der Waals surface area contributed by atoms with Crippen molar-refractivity contribution in [1.82, 2.24) is 4.98 Å². The first-order valence-electron chi connectivity index (χ1n) is 8.39. The molecule has 27 heavy (non-hydrogen) atoms. The molecule has 0 unspecified atom stereocenters. The molecule has 1 aromatic heterocycles. The summed E-state index contributed by atoms with van der Waals surface area (Å²) in [5, 5.41) is 10.5. The Morgan fingerprint density at radius 1 is 1.19 bits per heavy atom. The summed E-state index contributed by atoms with van der Waals surface area (Å²) in [5.74, 6) is -0.637. The lowest BCUT2D eigenvalue weighted by atomic mass is 10.0. The number of rotatable bonds is 6. The Kier molecular flexibility index (Phi) is 5.73. The number of aromatic carboxylic acids is 1. The van der Waals surface area contributed by atoms with Crippen molar-refractivity contribution in [3.63, 3.8) is 0 Å². The minimum absolute atomic E-state index is 0.246. The molecule has 0 spiro atoms. The number of hydrogen-bond donors (Lipinski definition) is 2. The van der Waals surface area contributed by atoms with Crippen molar-refractivity contribution in [2.45, 2.75) is 26.4 Å². The third-order valence-corrected chi connectivity index (χ3v) is 4.80. The van der Waals surface area contributed by atoms with Crippen LogP contribution in [0.5, 0.6) is 5.75 Å². The van der Waals surface area contributed by atoms with Gasteiger partial charge in [0, 0.05) is 33.3 Å². The molecule has 2 aromatic carbocycles. The van der Waals surface area contributed by atoms with Gasteiger partial charge in [-0.1, -0.05) is 42.6 Å². The summed E-state index contributed by atoms with van der Waals surface area (Å²) < 4.78 is 5.96. The van der Waals surface area contributed by atoms with E-state index in [-0.39, 0.29) is 12.2 Å². The van der Waals surface area contributed by atoms with Crippen LogP contribution in [0.25, 0.3) is 10.9 Å². The second-order valence-corrected chi connectivity index (χ2v) is 6.96. The Hall–Kier alpha value is -2.50. The smallest absolute Gasteiger partial charge is 0.341 e. The second kappa shape index (κ2) is 8.03. The number of carbonyl (C=O) groups is 1. The van der Waals surface area contributed by atoms with Gasteiger partial charge in [-0.3, -0.25) is 4.79 Å². The standard InChI is InChI=1S/C20H17Cl2NO4/c1-2-3-11-6-14-17(23-9-15(19(14)24)20(25)26)8-18(11)27-10-12-4-5-13(21)7-16(12)22/h4-9H,2-3,10H2,1H3,(H,23,24)(H,25,26). The van der Waals surface area contributed by atoms with Crippen molar-refractivity contribution in [3.05, 3.63) is 73.5 Å². The van der Waals surface area contributed by atoms with E-state index < -0.39 is 11.4 Å². The van der Waals surface area contributed by atoms with Gasteiger partial charge in [-0.15, -0.1) is 0 Å². The highest BCUT2D eigenvalue weighted by molar-refractivity contribution is 6.35. The van der Waals surface area contributed by atoms with E-state index in [1.165, 1.54) is 6.20 Å². The lowest BCUT2D eigenvalue weighted by Gasteiger charge is -2.14. The predicted octanol–water partition coefficient (Wildman–Crippen LogP) is 5.06. The summed E-state index contributed by atoms with van der Waals surface area (Å²) in [5.41, 5.74) is 1.34. The second-order valence-electron chi connectivity index (χ2n) is 6.12. The lowest BCUT2D eigenvalue weighted by molar-refractivity contribution is 0.0695. The van der Waals surface area contributed by atoms with Gasteiger partial charge in [-0.25, -0.2) is 4.79 Å². The summed E-state index contributed by atoms with van der Waals surface area (Å²) >= 11 is 12.1. The minimum atomic E-state index is -1.26. The quantitative estimate of drug-likeness (QED) is 0.600. The zero-order valence-electron chi connectivity index (χ0n) is 14.5. The molecule has 0 aliphatic heterocycles. The Morgan fingerprint density at radius 2 is 1.96 bits per heavy atom. The topological polar surface area (TPSA) is 79.4 Å². The van der Waals surface area contributed by atoms with Crippen LogP contribution in [-0.4, -0.2) is 16.1 Å². The SMILES string of the molecule is CCCc1cc2c(=O)c(C(=O)O)c[nH]c2cc1OCc1ccc(Cl)cc1Cl. The maximum Gasteiger partial charge on any atom is 0.341 e. The van der Waals surface area contributed by atoms with Gasteiger partial charge in [-0.05, 0) is 30.2 Å². The van der Waals surface area contributed by atoms with Crippen molar-refractivity contribution < 1.29 is 14.6 Å².